The van der Waals surface area contributed by atoms with Crippen LogP contribution in [-0.2, 0) is 6.54 Å². The van der Waals surface area contributed by atoms with Crippen molar-refractivity contribution in [3.8, 4) is 5.75 Å². The summed E-state index contributed by atoms with van der Waals surface area (Å²) >= 11 is 0. The van der Waals surface area contributed by atoms with Gasteiger partial charge in [-0.15, -0.1) is 0 Å². The number of nitrogens with one attached hydrogen (secondary N) is 1. The molecule has 114 valence electrons. The first-order valence-electron chi connectivity index (χ1n) is 7.88. The molecule has 0 heterocycles. The summed E-state index contributed by atoms with van der Waals surface area (Å²) in [5.41, 5.74) is 1.02. The van der Waals surface area contributed by atoms with Gasteiger partial charge in [0.05, 0.1) is 7.11 Å². The molecule has 0 spiro atoms. The van der Waals surface area contributed by atoms with E-state index in [1.807, 2.05) is 24.3 Å². The Balaban J connectivity index is 1.61. The Morgan fingerprint density at radius 3 is 2.67 bits per heavy atom. The fourth-order valence-corrected chi connectivity index (χ4v) is 2.95. The summed E-state index contributed by atoms with van der Waals surface area (Å²) in [6, 6.07) is 8.72. The van der Waals surface area contributed by atoms with Crippen molar-refractivity contribution in [1.29, 1.82) is 0 Å². The van der Waals surface area contributed by atoms with E-state index < -0.39 is 0 Å². The molecular formula is C17H24N2O2. The summed E-state index contributed by atoms with van der Waals surface area (Å²) in [6.07, 6.45) is 4.84. The third-order valence-corrected chi connectivity index (χ3v) is 4.54. The standard InChI is InChI=1S/C17H24N2O2/c1-12(13-7-8-13)19(15-9-10-15)17(20)18-11-14-5-3-4-6-16(14)21-2/h3-6,12-13,15H,7-11H2,1-2H3,(H,18,20). The van der Waals surface area contributed by atoms with E-state index in [2.05, 4.69) is 17.1 Å². The number of carbonyl (C=O) groups excluding carboxylic acids is 1. The van der Waals surface area contributed by atoms with Crippen molar-refractivity contribution < 1.29 is 9.53 Å². The summed E-state index contributed by atoms with van der Waals surface area (Å²) in [5, 5.41) is 3.07. The summed E-state index contributed by atoms with van der Waals surface area (Å²) in [6.45, 7) is 2.71. The van der Waals surface area contributed by atoms with Crippen molar-refractivity contribution in [1.82, 2.24) is 10.2 Å². The number of nitrogens with zero attached hydrogens (tertiary/aromatic N) is 1. The second-order valence-corrected chi connectivity index (χ2v) is 6.19. The molecule has 2 saturated carbocycles. The largest absolute Gasteiger partial charge is 0.496 e. The van der Waals surface area contributed by atoms with Crippen molar-refractivity contribution in [2.24, 2.45) is 5.92 Å². The molecule has 1 unspecified atom stereocenters. The number of carbonyl (C=O) groups is 1. The highest BCUT2D eigenvalue weighted by atomic mass is 16.5. The van der Waals surface area contributed by atoms with Gasteiger partial charge in [-0.3, -0.25) is 0 Å². The van der Waals surface area contributed by atoms with Crippen molar-refractivity contribution in [3.63, 3.8) is 0 Å². The van der Waals surface area contributed by atoms with E-state index in [0.29, 0.717) is 24.5 Å². The summed E-state index contributed by atoms with van der Waals surface area (Å²) in [4.78, 5) is 14.6. The van der Waals surface area contributed by atoms with Gasteiger partial charge in [0, 0.05) is 24.2 Å². The molecule has 0 bridgehead atoms. The molecule has 0 saturated heterocycles. The van der Waals surface area contributed by atoms with Crippen molar-refractivity contribution in [2.45, 2.75) is 51.2 Å². The van der Waals surface area contributed by atoms with Crippen molar-refractivity contribution >= 4 is 6.03 Å². The number of ether oxygens (including phenoxy) is 1. The fourth-order valence-electron chi connectivity index (χ4n) is 2.95. The minimum Gasteiger partial charge on any atom is -0.496 e. The molecular weight excluding hydrogens is 264 g/mol. The van der Waals surface area contributed by atoms with Crippen LogP contribution in [0.25, 0.3) is 0 Å². The third-order valence-electron chi connectivity index (χ3n) is 4.54. The molecule has 1 N–H and O–H groups in total. The van der Waals surface area contributed by atoms with Crippen LogP contribution in [0.15, 0.2) is 24.3 Å². The van der Waals surface area contributed by atoms with Gasteiger partial charge in [0.1, 0.15) is 5.75 Å². The van der Waals surface area contributed by atoms with E-state index in [0.717, 1.165) is 24.2 Å². The molecule has 3 rings (SSSR count). The number of hydrogen-bond acceptors (Lipinski definition) is 2. The van der Waals surface area contributed by atoms with Gasteiger partial charge in [-0.1, -0.05) is 18.2 Å². The molecule has 21 heavy (non-hydrogen) atoms. The predicted octanol–water partition coefficient (Wildman–Crippen LogP) is 3.17. The molecule has 0 aliphatic heterocycles. The Bertz CT molecular complexity index is 509. The fraction of sp³-hybridized carbons (Fsp3) is 0.588. The molecule has 1 aromatic rings. The second kappa shape index (κ2) is 5.96. The van der Waals surface area contributed by atoms with Gasteiger partial charge in [-0.25, -0.2) is 4.79 Å². The van der Waals surface area contributed by atoms with Crippen LogP contribution in [-0.4, -0.2) is 30.1 Å². The molecule has 0 aromatic heterocycles. The first-order valence-corrected chi connectivity index (χ1v) is 7.88. The summed E-state index contributed by atoms with van der Waals surface area (Å²) in [5.74, 6) is 1.54. The monoisotopic (exact) mass is 288 g/mol. The maximum atomic E-state index is 12.5. The maximum Gasteiger partial charge on any atom is 0.318 e. The Kier molecular flexibility index (Phi) is 4.04. The first kappa shape index (κ1) is 14.2. The Morgan fingerprint density at radius 1 is 1.33 bits per heavy atom. The lowest BCUT2D eigenvalue weighted by molar-refractivity contribution is 0.166. The van der Waals surface area contributed by atoms with Gasteiger partial charge in [0.25, 0.3) is 0 Å². The topological polar surface area (TPSA) is 41.6 Å². The zero-order valence-electron chi connectivity index (χ0n) is 12.8. The SMILES string of the molecule is COc1ccccc1CNC(=O)N(C1CC1)C(C)C1CC1. The highest BCUT2D eigenvalue weighted by Gasteiger charge is 2.41. The number of benzene rings is 1. The first-order chi connectivity index (χ1) is 10.2. The quantitative estimate of drug-likeness (QED) is 0.873. The molecule has 1 aromatic carbocycles. The van der Waals surface area contributed by atoms with Gasteiger partial charge in [0.15, 0.2) is 0 Å². The van der Waals surface area contributed by atoms with E-state index in [9.17, 15) is 4.79 Å². The van der Waals surface area contributed by atoms with Crippen LogP contribution in [0.2, 0.25) is 0 Å². The number of amides is 2. The van der Waals surface area contributed by atoms with Crippen molar-refractivity contribution in [2.75, 3.05) is 7.11 Å². The lowest BCUT2D eigenvalue weighted by atomic mass is 10.2. The van der Waals surface area contributed by atoms with E-state index in [1.165, 1.54) is 12.8 Å². The molecule has 4 nitrogen and oxygen atoms in total. The van der Waals surface area contributed by atoms with E-state index in [4.69, 9.17) is 4.74 Å². The van der Waals surface area contributed by atoms with Crippen LogP contribution in [0.1, 0.15) is 38.2 Å². The second-order valence-electron chi connectivity index (χ2n) is 6.19. The molecule has 2 aliphatic rings. The molecule has 1 atom stereocenters. The number of methoxy groups -OCH3 is 1. The third kappa shape index (κ3) is 3.31. The maximum absolute atomic E-state index is 12.5. The normalized spacial score (nSPS) is 19.0. The Morgan fingerprint density at radius 2 is 2.05 bits per heavy atom. The van der Waals surface area contributed by atoms with Crippen LogP contribution in [0.3, 0.4) is 0 Å². The zero-order chi connectivity index (χ0) is 14.8. The van der Waals surface area contributed by atoms with Crippen LogP contribution in [0.4, 0.5) is 4.79 Å². The molecule has 2 aliphatic carbocycles. The van der Waals surface area contributed by atoms with Crippen LogP contribution >= 0.6 is 0 Å². The van der Waals surface area contributed by atoms with Crippen LogP contribution in [0, 0.1) is 5.92 Å². The van der Waals surface area contributed by atoms with E-state index >= 15 is 0 Å². The van der Waals surface area contributed by atoms with Crippen molar-refractivity contribution in [3.05, 3.63) is 29.8 Å². The van der Waals surface area contributed by atoms with Gasteiger partial charge < -0.3 is 15.0 Å². The van der Waals surface area contributed by atoms with Gasteiger partial charge in [0.2, 0.25) is 0 Å². The number of hydrogen-bond donors (Lipinski definition) is 1. The predicted molar refractivity (Wildman–Crippen MR) is 82.3 cm³/mol. The molecule has 2 fully saturated rings. The number of urea groups is 1. The Hall–Kier alpha value is -1.71. The minimum absolute atomic E-state index is 0.0720. The molecule has 4 heteroatoms. The van der Waals surface area contributed by atoms with E-state index in [1.54, 1.807) is 7.11 Å². The minimum atomic E-state index is 0.0720. The average Bonchev–Trinajstić information content (AvgIpc) is 3.38. The van der Waals surface area contributed by atoms with Gasteiger partial charge in [-0.2, -0.15) is 0 Å². The highest BCUT2D eigenvalue weighted by molar-refractivity contribution is 5.75. The van der Waals surface area contributed by atoms with Crippen LogP contribution < -0.4 is 10.1 Å². The van der Waals surface area contributed by atoms with Gasteiger partial charge in [-0.05, 0) is 44.6 Å². The molecule has 0 radical (unpaired) electrons. The number of rotatable bonds is 6. The summed E-state index contributed by atoms with van der Waals surface area (Å²) in [7, 11) is 1.66. The molecule has 2 amide bonds. The van der Waals surface area contributed by atoms with Gasteiger partial charge >= 0.3 is 6.03 Å². The zero-order valence-corrected chi connectivity index (χ0v) is 12.8. The van der Waals surface area contributed by atoms with Crippen LogP contribution in [0.5, 0.6) is 5.75 Å². The summed E-state index contributed by atoms with van der Waals surface area (Å²) < 4.78 is 5.33. The smallest absolute Gasteiger partial charge is 0.318 e. The van der Waals surface area contributed by atoms with E-state index in [-0.39, 0.29) is 6.03 Å². The highest BCUT2D eigenvalue weighted by Crippen LogP contribution is 2.39. The Labute approximate surface area is 126 Å². The lowest BCUT2D eigenvalue weighted by Crippen LogP contribution is -2.47. The average molecular weight is 288 g/mol. The lowest BCUT2D eigenvalue weighted by Gasteiger charge is -2.29. The number of para-hydroxylation sites is 1.